The minimum Gasteiger partial charge on any atom is -0.200 e. The largest absolute Gasteiger partial charge is 0.220 e. The predicted molar refractivity (Wildman–Crippen MR) is 136 cm³/mol. The summed E-state index contributed by atoms with van der Waals surface area (Å²) in [5.74, 6) is 2.32. The van der Waals surface area contributed by atoms with Gasteiger partial charge in [0.25, 0.3) is 0 Å². The molecule has 0 N–H and O–H groups in total. The maximum absolute atomic E-state index is 8.81. The minimum atomic E-state index is 0.265. The van der Waals surface area contributed by atoms with Crippen molar-refractivity contribution in [2.45, 2.75) is 80.1 Å². The highest BCUT2D eigenvalue weighted by molar-refractivity contribution is 5.94. The Labute approximate surface area is 193 Å². The van der Waals surface area contributed by atoms with E-state index in [1.807, 2.05) is 11.6 Å². The van der Waals surface area contributed by atoms with E-state index in [9.17, 15) is 0 Å². The number of rotatable bonds is 6. The molecule has 3 rings (SSSR count). The summed E-state index contributed by atoms with van der Waals surface area (Å²) < 4.78 is 19.5. The van der Waals surface area contributed by atoms with Crippen molar-refractivity contribution in [1.82, 2.24) is 0 Å². The molecule has 0 aliphatic carbocycles. The summed E-state index contributed by atoms with van der Waals surface area (Å²) >= 11 is 0. The molecule has 0 spiro atoms. The van der Waals surface area contributed by atoms with Crippen LogP contribution in [0.3, 0.4) is 0 Å². The summed E-state index contributed by atoms with van der Waals surface area (Å²) in [4.78, 5) is 0. The fraction of sp³-hybridized carbons (Fsp3) is 0.500. The van der Waals surface area contributed by atoms with Crippen molar-refractivity contribution in [2.75, 3.05) is 0 Å². The third kappa shape index (κ3) is 4.56. The zero-order valence-corrected chi connectivity index (χ0v) is 21.2. The Kier molecular flexibility index (Phi) is 6.12. The third-order valence-electron chi connectivity index (χ3n) is 6.83. The first-order valence-electron chi connectivity index (χ1n) is 12.9. The molecule has 0 amide bonds. The monoisotopic (exact) mass is 418 g/mol. The van der Waals surface area contributed by atoms with Gasteiger partial charge in [0.2, 0.25) is 5.69 Å². The molecule has 31 heavy (non-hydrogen) atoms. The summed E-state index contributed by atoms with van der Waals surface area (Å²) in [5.41, 5.74) is 7.46. The van der Waals surface area contributed by atoms with E-state index in [-0.39, 0.29) is 6.17 Å². The van der Waals surface area contributed by atoms with Crippen molar-refractivity contribution in [3.63, 3.8) is 0 Å². The number of nitrogens with zero attached hydrogens (tertiary/aromatic N) is 1. The molecule has 1 heterocycles. The molecule has 0 atom stereocenters. The van der Waals surface area contributed by atoms with E-state index in [1.54, 1.807) is 0 Å². The quantitative estimate of drug-likeness (QED) is 0.354. The van der Waals surface area contributed by atoms with Crippen LogP contribution in [0.1, 0.15) is 98.1 Å². The molecule has 1 nitrogen and oxygen atoms in total. The highest BCUT2D eigenvalue weighted by Crippen LogP contribution is 2.37. The fourth-order valence-electron chi connectivity index (χ4n) is 5.26. The lowest BCUT2D eigenvalue weighted by molar-refractivity contribution is -0.659. The van der Waals surface area contributed by atoms with Gasteiger partial charge in [-0.25, -0.2) is 4.57 Å². The van der Waals surface area contributed by atoms with Gasteiger partial charge in [-0.05, 0) is 76.3 Å². The number of benzene rings is 2. The average Bonchev–Trinajstić information content (AvgIpc) is 2.72. The van der Waals surface area contributed by atoms with Gasteiger partial charge in [-0.2, -0.15) is 0 Å². The van der Waals surface area contributed by atoms with Gasteiger partial charge >= 0.3 is 0 Å². The molecule has 0 saturated heterocycles. The highest BCUT2D eigenvalue weighted by atomic mass is 14.9. The van der Waals surface area contributed by atoms with Gasteiger partial charge < -0.3 is 0 Å². The molecule has 2 aromatic carbocycles. The van der Waals surface area contributed by atoms with Crippen molar-refractivity contribution in [1.29, 1.82) is 0 Å². The van der Waals surface area contributed by atoms with E-state index in [1.165, 1.54) is 27.8 Å². The number of hydrogen-bond donors (Lipinski definition) is 0. The number of fused-ring (bicyclic) bond motifs is 1. The molecule has 1 aromatic heterocycles. The molecule has 0 radical (unpaired) electrons. The number of hydrogen-bond acceptors (Lipinski definition) is 0. The predicted octanol–water partition coefficient (Wildman–Crippen LogP) is 8.28. The van der Waals surface area contributed by atoms with Gasteiger partial charge in [0.05, 0.1) is 12.3 Å². The van der Waals surface area contributed by atoms with Crippen LogP contribution >= 0.6 is 0 Å². The van der Waals surface area contributed by atoms with Gasteiger partial charge in [-0.3, -0.25) is 0 Å². The van der Waals surface area contributed by atoms with Crippen molar-refractivity contribution in [2.24, 2.45) is 18.9 Å². The van der Waals surface area contributed by atoms with Gasteiger partial charge in [0.1, 0.15) is 8.42 Å². The van der Waals surface area contributed by atoms with Crippen LogP contribution < -0.4 is 4.57 Å². The Bertz CT molecular complexity index is 1160. The lowest BCUT2D eigenvalue weighted by Crippen LogP contribution is -2.31. The van der Waals surface area contributed by atoms with Crippen LogP contribution in [-0.4, -0.2) is 0 Å². The van der Waals surface area contributed by atoms with Gasteiger partial charge in [-0.1, -0.05) is 73.6 Å². The molecule has 1 heteroatoms. The van der Waals surface area contributed by atoms with Crippen molar-refractivity contribution in [3.05, 3.63) is 64.8 Å². The van der Waals surface area contributed by atoms with Crippen LogP contribution in [0.25, 0.3) is 22.0 Å². The summed E-state index contributed by atoms with van der Waals surface area (Å²) in [6.07, 6.45) is 0.265. The molecular weight excluding hydrogens is 374 g/mol. The summed E-state index contributed by atoms with van der Waals surface area (Å²) in [6.45, 7) is 20.3. The SMILES string of the molecule is [2H]c1c([2H])[n+](C)c(-c2cc(C(C)C)cc(C(C)C)c2C)c2ccc(C(C(C)C)C(C)C)cc12. The van der Waals surface area contributed by atoms with Gasteiger partial charge in [0.15, 0.2) is 6.17 Å². The first-order chi connectivity index (χ1) is 15.4. The lowest BCUT2D eigenvalue weighted by Gasteiger charge is -2.25. The molecule has 166 valence electrons. The maximum Gasteiger partial charge on any atom is 0.220 e. The lowest BCUT2D eigenvalue weighted by atomic mass is 9.79. The van der Waals surface area contributed by atoms with Crippen molar-refractivity contribution < 1.29 is 7.31 Å². The topological polar surface area (TPSA) is 3.88 Å². The summed E-state index contributed by atoms with van der Waals surface area (Å²) in [5, 5.41) is 1.95. The second kappa shape index (κ2) is 9.15. The Balaban J connectivity index is 2.42. The molecule has 0 aliphatic heterocycles. The van der Waals surface area contributed by atoms with Crippen LogP contribution in [0.15, 0.2) is 42.5 Å². The smallest absolute Gasteiger partial charge is 0.200 e. The number of pyridine rings is 1. The zero-order chi connectivity index (χ0) is 24.8. The van der Waals surface area contributed by atoms with E-state index in [0.29, 0.717) is 35.6 Å². The minimum absolute atomic E-state index is 0.265. The normalized spacial score (nSPS) is 13.3. The first-order valence-corrected chi connectivity index (χ1v) is 11.9. The Morgan fingerprint density at radius 2 is 1.45 bits per heavy atom. The molecule has 3 aromatic rings. The third-order valence-corrected chi connectivity index (χ3v) is 6.83. The molecule has 0 unspecified atom stereocenters. The maximum atomic E-state index is 8.81. The highest BCUT2D eigenvalue weighted by Gasteiger charge is 2.24. The second-order valence-corrected chi connectivity index (χ2v) is 10.6. The Morgan fingerprint density at radius 3 is 2.00 bits per heavy atom. The average molecular weight is 419 g/mol. The van der Waals surface area contributed by atoms with E-state index in [0.717, 1.165) is 16.5 Å². The fourth-order valence-corrected chi connectivity index (χ4v) is 5.26. The Morgan fingerprint density at radius 1 is 0.806 bits per heavy atom. The Hall–Kier alpha value is -2.15. The molecule has 0 aliphatic rings. The molecular formula is C30H42N+. The summed E-state index contributed by atoms with van der Waals surface area (Å²) in [6, 6.07) is 11.6. The van der Waals surface area contributed by atoms with Crippen LogP contribution in [0.5, 0.6) is 0 Å². The van der Waals surface area contributed by atoms with E-state index in [2.05, 4.69) is 92.6 Å². The molecule has 0 fully saturated rings. The van der Waals surface area contributed by atoms with Gasteiger partial charge in [0, 0.05) is 6.04 Å². The number of aromatic nitrogens is 1. The zero-order valence-electron chi connectivity index (χ0n) is 23.2. The van der Waals surface area contributed by atoms with E-state index < -0.39 is 0 Å². The second-order valence-electron chi connectivity index (χ2n) is 10.6. The standard InChI is InChI=1S/C30H42N/c1-18(2)25-16-27(19(3)4)22(9)28(17-25)30-26-12-11-24(29(20(5)6)21(7)8)15-23(26)13-14-31(30)10/h11-21,29H,1-10H3/q+1/i13D,14D. The first kappa shape index (κ1) is 20.7. The van der Waals surface area contributed by atoms with Crippen LogP contribution in [0.2, 0.25) is 0 Å². The van der Waals surface area contributed by atoms with Crippen LogP contribution in [0.4, 0.5) is 0 Å². The van der Waals surface area contributed by atoms with Gasteiger partial charge in [-0.15, -0.1) is 0 Å². The van der Waals surface area contributed by atoms with E-state index in [4.69, 9.17) is 2.74 Å². The van der Waals surface area contributed by atoms with Crippen molar-refractivity contribution >= 4 is 10.8 Å². The van der Waals surface area contributed by atoms with Crippen molar-refractivity contribution in [3.8, 4) is 11.3 Å². The molecule has 0 bridgehead atoms. The van der Waals surface area contributed by atoms with Crippen LogP contribution in [-0.2, 0) is 7.05 Å². The van der Waals surface area contributed by atoms with E-state index >= 15 is 0 Å². The molecule has 0 saturated carbocycles. The van der Waals surface area contributed by atoms with Crippen LogP contribution in [0, 0.1) is 18.8 Å². The summed E-state index contributed by atoms with van der Waals surface area (Å²) in [7, 11) is 1.94.